The Kier molecular flexibility index (Phi) is 4.76. The zero-order valence-corrected chi connectivity index (χ0v) is 14.4. The lowest BCUT2D eigenvalue weighted by Gasteiger charge is -2.09. The summed E-state index contributed by atoms with van der Waals surface area (Å²) in [4.78, 5) is 37.0. The first-order valence-corrected chi connectivity index (χ1v) is 8.37. The number of hydrogen-bond acceptors (Lipinski definition) is 5. The maximum Gasteiger partial charge on any atom is 0.325 e. The summed E-state index contributed by atoms with van der Waals surface area (Å²) >= 11 is 0.822. The molecule has 2 amide bonds. The van der Waals surface area contributed by atoms with Crippen LogP contribution in [0.25, 0.3) is 17.0 Å². The Morgan fingerprint density at radius 1 is 1.32 bits per heavy atom. The number of nitrogens with zero attached hydrogens (tertiary/aromatic N) is 2. The van der Waals surface area contributed by atoms with Crippen LogP contribution in [0, 0.1) is 0 Å². The number of amides is 2. The van der Waals surface area contributed by atoms with Crippen LogP contribution in [0.2, 0.25) is 0 Å². The number of para-hydroxylation sites is 1. The predicted molar refractivity (Wildman–Crippen MR) is 96.8 cm³/mol. The molecule has 0 unspecified atom stereocenters. The van der Waals surface area contributed by atoms with Gasteiger partial charge in [-0.15, -0.1) is 6.58 Å². The number of esters is 1. The summed E-state index contributed by atoms with van der Waals surface area (Å²) in [7, 11) is 1.21. The zero-order chi connectivity index (χ0) is 18.0. The van der Waals surface area contributed by atoms with Gasteiger partial charge in [0, 0.05) is 29.2 Å². The van der Waals surface area contributed by atoms with Gasteiger partial charge in [-0.3, -0.25) is 19.3 Å². The van der Waals surface area contributed by atoms with Crippen molar-refractivity contribution in [2.75, 3.05) is 13.7 Å². The van der Waals surface area contributed by atoms with E-state index in [1.165, 1.54) is 7.11 Å². The third kappa shape index (κ3) is 3.23. The summed E-state index contributed by atoms with van der Waals surface area (Å²) in [5.74, 6) is -1.12. The highest BCUT2D eigenvalue weighted by Crippen LogP contribution is 2.34. The SMILES string of the molecule is C=CCn1cc(/C=C2/SC(=O)N(CC(=O)OC)C2=O)c2ccccc21. The van der Waals surface area contributed by atoms with Crippen LogP contribution in [0.3, 0.4) is 0 Å². The van der Waals surface area contributed by atoms with Crippen LogP contribution in [-0.2, 0) is 20.9 Å². The van der Waals surface area contributed by atoms with Gasteiger partial charge in [-0.25, -0.2) is 0 Å². The number of imide groups is 1. The van der Waals surface area contributed by atoms with E-state index in [1.807, 2.05) is 35.0 Å². The fourth-order valence-corrected chi connectivity index (χ4v) is 3.48. The van der Waals surface area contributed by atoms with E-state index in [0.717, 1.165) is 33.1 Å². The Morgan fingerprint density at radius 2 is 2.08 bits per heavy atom. The van der Waals surface area contributed by atoms with Crippen molar-refractivity contribution in [3.05, 3.63) is 53.6 Å². The highest BCUT2D eigenvalue weighted by atomic mass is 32.2. The van der Waals surface area contributed by atoms with Crippen molar-refractivity contribution in [1.29, 1.82) is 0 Å². The van der Waals surface area contributed by atoms with Crippen LogP contribution < -0.4 is 0 Å². The number of allylic oxidation sites excluding steroid dienone is 1. The molecule has 6 nitrogen and oxygen atoms in total. The van der Waals surface area contributed by atoms with E-state index in [-0.39, 0.29) is 11.4 Å². The first-order valence-electron chi connectivity index (χ1n) is 7.56. The predicted octanol–water partition coefficient (Wildman–Crippen LogP) is 3.04. The second-order valence-corrected chi connectivity index (χ2v) is 6.38. The molecule has 1 aromatic carbocycles. The normalized spacial score (nSPS) is 16.0. The summed E-state index contributed by atoms with van der Waals surface area (Å²) in [6.45, 7) is 4.01. The van der Waals surface area contributed by atoms with Crippen molar-refractivity contribution in [2.45, 2.75) is 6.54 Å². The first-order chi connectivity index (χ1) is 12.0. The number of thioether (sulfide) groups is 1. The quantitative estimate of drug-likeness (QED) is 0.468. The topological polar surface area (TPSA) is 68.6 Å². The molecule has 1 fully saturated rings. The number of benzene rings is 1. The van der Waals surface area contributed by atoms with E-state index in [0.29, 0.717) is 6.54 Å². The lowest BCUT2D eigenvalue weighted by Crippen LogP contribution is -2.34. The summed E-state index contributed by atoms with van der Waals surface area (Å²) < 4.78 is 6.54. The van der Waals surface area contributed by atoms with Gasteiger partial charge < -0.3 is 9.30 Å². The lowest BCUT2D eigenvalue weighted by molar-refractivity contribution is -0.143. The van der Waals surface area contributed by atoms with E-state index in [9.17, 15) is 14.4 Å². The van der Waals surface area contributed by atoms with E-state index < -0.39 is 17.1 Å². The molecule has 0 radical (unpaired) electrons. The number of carbonyl (C=O) groups is 3. The average molecular weight is 356 g/mol. The molecule has 2 aromatic rings. The van der Waals surface area contributed by atoms with Crippen molar-refractivity contribution in [1.82, 2.24) is 9.47 Å². The van der Waals surface area contributed by atoms with Gasteiger partial charge in [0.05, 0.1) is 12.0 Å². The Hall–Kier alpha value is -2.80. The second kappa shape index (κ2) is 6.98. The molecule has 2 heterocycles. The monoisotopic (exact) mass is 356 g/mol. The summed E-state index contributed by atoms with van der Waals surface area (Å²) in [6, 6.07) is 7.80. The second-order valence-electron chi connectivity index (χ2n) is 5.39. The lowest BCUT2D eigenvalue weighted by atomic mass is 10.1. The standard InChI is InChI=1S/C18H16N2O4S/c1-3-8-19-10-12(13-6-4-5-7-14(13)19)9-15-17(22)20(18(23)25-15)11-16(21)24-2/h3-7,9-10H,1,8,11H2,2H3/b15-9+. The highest BCUT2D eigenvalue weighted by molar-refractivity contribution is 8.18. The molecule has 0 aliphatic carbocycles. The number of aromatic nitrogens is 1. The molecule has 0 saturated carbocycles. The summed E-state index contributed by atoms with van der Waals surface area (Å²) in [6.07, 6.45) is 5.39. The third-order valence-corrected chi connectivity index (χ3v) is 4.73. The van der Waals surface area contributed by atoms with Crippen molar-refractivity contribution in [3.8, 4) is 0 Å². The molecular formula is C18H16N2O4S. The minimum absolute atomic E-state index is 0.287. The first kappa shape index (κ1) is 17.0. The van der Waals surface area contributed by atoms with Gasteiger partial charge in [0.2, 0.25) is 0 Å². The molecule has 128 valence electrons. The van der Waals surface area contributed by atoms with Crippen molar-refractivity contribution in [3.63, 3.8) is 0 Å². The molecule has 3 rings (SSSR count). The molecule has 1 saturated heterocycles. The molecule has 0 N–H and O–H groups in total. The van der Waals surface area contributed by atoms with Gasteiger partial charge in [0.1, 0.15) is 6.54 Å². The van der Waals surface area contributed by atoms with Crippen LogP contribution in [-0.4, -0.2) is 40.2 Å². The van der Waals surface area contributed by atoms with Crippen molar-refractivity contribution in [2.24, 2.45) is 0 Å². The minimum atomic E-state index is -0.633. The zero-order valence-electron chi connectivity index (χ0n) is 13.6. The number of methoxy groups -OCH3 is 1. The maximum absolute atomic E-state index is 12.4. The highest BCUT2D eigenvalue weighted by Gasteiger charge is 2.36. The number of fused-ring (bicyclic) bond motifs is 1. The largest absolute Gasteiger partial charge is 0.468 e. The Morgan fingerprint density at radius 3 is 2.80 bits per heavy atom. The molecule has 1 aromatic heterocycles. The molecule has 25 heavy (non-hydrogen) atoms. The van der Waals surface area contributed by atoms with Crippen molar-refractivity contribution < 1.29 is 19.1 Å². The van der Waals surface area contributed by atoms with Crippen molar-refractivity contribution >= 4 is 45.9 Å². The fraction of sp³-hybridized carbons (Fsp3) is 0.167. The van der Waals surface area contributed by atoms with Gasteiger partial charge >= 0.3 is 5.97 Å². The number of carbonyl (C=O) groups excluding carboxylic acids is 3. The van der Waals surface area contributed by atoms with Crippen LogP contribution in [0.5, 0.6) is 0 Å². The molecule has 1 aliphatic rings. The minimum Gasteiger partial charge on any atom is -0.468 e. The smallest absolute Gasteiger partial charge is 0.325 e. The van der Waals surface area contributed by atoms with Gasteiger partial charge in [-0.1, -0.05) is 24.3 Å². The number of hydrogen-bond donors (Lipinski definition) is 0. The van der Waals surface area contributed by atoms with Crippen LogP contribution >= 0.6 is 11.8 Å². The summed E-state index contributed by atoms with van der Waals surface area (Å²) in [5, 5.41) is 0.501. The van der Waals surface area contributed by atoms with E-state index >= 15 is 0 Å². The van der Waals surface area contributed by atoms with Crippen LogP contribution in [0.1, 0.15) is 5.56 Å². The van der Waals surface area contributed by atoms with E-state index in [1.54, 1.807) is 12.2 Å². The van der Waals surface area contributed by atoms with Gasteiger partial charge in [-0.2, -0.15) is 0 Å². The average Bonchev–Trinajstić information content (AvgIpc) is 3.08. The molecular weight excluding hydrogens is 340 g/mol. The molecule has 7 heteroatoms. The van der Waals surface area contributed by atoms with Crippen LogP contribution in [0.4, 0.5) is 4.79 Å². The molecule has 0 spiro atoms. The fourth-order valence-electron chi connectivity index (χ4n) is 2.65. The Balaban J connectivity index is 1.97. The molecule has 0 atom stereocenters. The maximum atomic E-state index is 12.4. The van der Waals surface area contributed by atoms with Gasteiger partial charge in [0.15, 0.2) is 0 Å². The Labute approximate surface area is 148 Å². The molecule has 0 bridgehead atoms. The Bertz CT molecular complexity index is 913. The van der Waals surface area contributed by atoms with E-state index in [4.69, 9.17) is 0 Å². The van der Waals surface area contributed by atoms with Crippen LogP contribution in [0.15, 0.2) is 48.0 Å². The number of rotatable bonds is 5. The van der Waals surface area contributed by atoms with E-state index in [2.05, 4.69) is 11.3 Å². The summed E-state index contributed by atoms with van der Waals surface area (Å²) in [5.41, 5.74) is 1.85. The van der Waals surface area contributed by atoms with Gasteiger partial charge in [-0.05, 0) is 23.9 Å². The molecule has 1 aliphatic heterocycles. The van der Waals surface area contributed by atoms with Gasteiger partial charge in [0.25, 0.3) is 11.1 Å². The number of ether oxygens (including phenoxy) is 1. The third-order valence-electron chi connectivity index (χ3n) is 3.82.